The van der Waals surface area contributed by atoms with Crippen molar-refractivity contribution in [2.24, 2.45) is 0 Å². The highest BCUT2D eigenvalue weighted by molar-refractivity contribution is 8.26. The average molecular weight is 339 g/mol. The maximum Gasteiger partial charge on any atom is 0.305 e. The topological polar surface area (TPSA) is 59.8 Å². The molecular formula is C15H17NO4S2. The van der Waals surface area contributed by atoms with E-state index in [1.165, 1.54) is 18.9 Å². The lowest BCUT2D eigenvalue weighted by molar-refractivity contribution is -0.140. The molecule has 2 heterocycles. The fourth-order valence-corrected chi connectivity index (χ4v) is 3.30. The van der Waals surface area contributed by atoms with Gasteiger partial charge >= 0.3 is 5.97 Å². The van der Waals surface area contributed by atoms with Crippen LogP contribution in [0.25, 0.3) is 6.08 Å². The molecule has 0 radical (unpaired) electrons. The van der Waals surface area contributed by atoms with Crippen molar-refractivity contribution < 1.29 is 18.7 Å². The number of esters is 1. The summed E-state index contributed by atoms with van der Waals surface area (Å²) in [5, 5.41) is 0. The Morgan fingerprint density at radius 2 is 2.27 bits per heavy atom. The molecule has 5 nitrogen and oxygen atoms in total. The van der Waals surface area contributed by atoms with Gasteiger partial charge in [0.05, 0.1) is 18.3 Å². The molecule has 0 aliphatic carbocycles. The second kappa shape index (κ2) is 8.14. The molecule has 0 saturated carbocycles. The first kappa shape index (κ1) is 16.8. The number of hydrogen-bond donors (Lipinski definition) is 0. The van der Waals surface area contributed by atoms with Crippen molar-refractivity contribution in [1.29, 1.82) is 0 Å². The number of carbonyl (C=O) groups excluding carboxylic acids is 2. The van der Waals surface area contributed by atoms with Gasteiger partial charge in [-0.3, -0.25) is 14.5 Å². The molecule has 1 fully saturated rings. The van der Waals surface area contributed by atoms with E-state index in [-0.39, 0.29) is 11.9 Å². The molecule has 0 N–H and O–H groups in total. The molecule has 1 aliphatic heterocycles. The Balaban J connectivity index is 1.81. The van der Waals surface area contributed by atoms with Crippen LogP contribution in [-0.2, 0) is 14.3 Å². The Kier molecular flexibility index (Phi) is 6.21. The van der Waals surface area contributed by atoms with Crippen LogP contribution in [0.3, 0.4) is 0 Å². The lowest BCUT2D eigenvalue weighted by Gasteiger charge is -2.13. The Labute approximate surface area is 138 Å². The summed E-state index contributed by atoms with van der Waals surface area (Å²) in [5.74, 6) is 0.352. The number of methoxy groups -OCH3 is 1. The zero-order valence-electron chi connectivity index (χ0n) is 12.2. The van der Waals surface area contributed by atoms with Gasteiger partial charge in [-0.25, -0.2) is 0 Å². The highest BCUT2D eigenvalue weighted by atomic mass is 32.2. The van der Waals surface area contributed by atoms with Gasteiger partial charge < -0.3 is 9.15 Å². The normalized spacial score (nSPS) is 16.6. The molecule has 1 aliphatic rings. The minimum absolute atomic E-state index is 0.0839. The minimum Gasteiger partial charge on any atom is -0.469 e. The van der Waals surface area contributed by atoms with Gasteiger partial charge in [0.15, 0.2) is 0 Å². The number of unbranched alkanes of at least 4 members (excludes halogenated alkanes) is 2. The molecule has 0 bridgehead atoms. The number of ether oxygens (including phenoxy) is 1. The van der Waals surface area contributed by atoms with Crippen molar-refractivity contribution in [2.45, 2.75) is 25.7 Å². The molecule has 0 atom stereocenters. The number of rotatable bonds is 7. The van der Waals surface area contributed by atoms with Crippen molar-refractivity contribution in [3.63, 3.8) is 0 Å². The number of furan rings is 1. The van der Waals surface area contributed by atoms with Crippen LogP contribution in [0.15, 0.2) is 27.7 Å². The maximum atomic E-state index is 12.3. The van der Waals surface area contributed by atoms with Gasteiger partial charge in [-0.05, 0) is 25.0 Å². The van der Waals surface area contributed by atoms with Gasteiger partial charge in [-0.2, -0.15) is 0 Å². The van der Waals surface area contributed by atoms with Gasteiger partial charge in [-0.15, -0.1) is 0 Å². The average Bonchev–Trinajstić information content (AvgIpc) is 3.10. The van der Waals surface area contributed by atoms with Crippen LogP contribution in [0.4, 0.5) is 0 Å². The predicted molar refractivity (Wildman–Crippen MR) is 89.1 cm³/mol. The van der Waals surface area contributed by atoms with E-state index in [0.29, 0.717) is 28.0 Å². The van der Waals surface area contributed by atoms with Crippen molar-refractivity contribution >= 4 is 46.3 Å². The fourth-order valence-electron chi connectivity index (χ4n) is 2.01. The minimum atomic E-state index is -0.202. The molecule has 0 aromatic carbocycles. The number of nitrogens with zero attached hydrogens (tertiary/aromatic N) is 1. The number of thiocarbonyl (C=S) groups is 1. The molecular weight excluding hydrogens is 322 g/mol. The Hall–Kier alpha value is -1.60. The third kappa shape index (κ3) is 4.45. The van der Waals surface area contributed by atoms with Crippen LogP contribution in [0, 0.1) is 0 Å². The van der Waals surface area contributed by atoms with E-state index in [2.05, 4.69) is 4.74 Å². The molecule has 7 heteroatoms. The first-order valence-corrected chi connectivity index (χ1v) is 8.20. The number of thioether (sulfide) groups is 1. The Morgan fingerprint density at radius 3 is 2.95 bits per heavy atom. The summed E-state index contributed by atoms with van der Waals surface area (Å²) in [7, 11) is 1.38. The summed E-state index contributed by atoms with van der Waals surface area (Å²) in [6.07, 6.45) is 6.09. The zero-order valence-corrected chi connectivity index (χ0v) is 13.9. The van der Waals surface area contributed by atoms with E-state index in [9.17, 15) is 9.59 Å². The van der Waals surface area contributed by atoms with E-state index in [1.807, 2.05) is 0 Å². The van der Waals surface area contributed by atoms with Crippen molar-refractivity contribution in [3.8, 4) is 0 Å². The van der Waals surface area contributed by atoms with E-state index in [0.717, 1.165) is 19.3 Å². The predicted octanol–water partition coefficient (Wildman–Crippen LogP) is 3.21. The van der Waals surface area contributed by atoms with Gasteiger partial charge in [0.2, 0.25) is 0 Å². The van der Waals surface area contributed by atoms with Gasteiger partial charge in [0.25, 0.3) is 5.91 Å². The van der Waals surface area contributed by atoms with Crippen molar-refractivity contribution in [3.05, 3.63) is 29.1 Å². The van der Waals surface area contributed by atoms with Crippen LogP contribution >= 0.6 is 24.0 Å². The standard InChI is InChI=1S/C15H17NO4S2/c1-19-13(17)7-3-2-4-8-16-14(18)12(22-15(16)21)10-11-6-5-9-20-11/h5-6,9-10H,2-4,7-8H2,1H3/b12-10+. The highest BCUT2D eigenvalue weighted by Gasteiger charge is 2.31. The smallest absolute Gasteiger partial charge is 0.305 e. The third-order valence-electron chi connectivity index (χ3n) is 3.18. The van der Waals surface area contributed by atoms with Gasteiger partial charge in [-0.1, -0.05) is 30.4 Å². The summed E-state index contributed by atoms with van der Waals surface area (Å²) in [4.78, 5) is 25.5. The van der Waals surface area contributed by atoms with E-state index >= 15 is 0 Å². The second-order valence-corrected chi connectivity index (χ2v) is 6.41. The highest BCUT2D eigenvalue weighted by Crippen LogP contribution is 2.32. The molecule has 1 saturated heterocycles. The van der Waals surface area contributed by atoms with E-state index in [1.54, 1.807) is 29.4 Å². The fraction of sp³-hybridized carbons (Fsp3) is 0.400. The van der Waals surface area contributed by atoms with E-state index in [4.69, 9.17) is 16.6 Å². The van der Waals surface area contributed by atoms with Gasteiger partial charge in [0.1, 0.15) is 10.1 Å². The van der Waals surface area contributed by atoms with Crippen LogP contribution < -0.4 is 0 Å². The Bertz CT molecular complexity index is 580. The molecule has 1 aromatic heterocycles. The first-order valence-electron chi connectivity index (χ1n) is 6.97. The zero-order chi connectivity index (χ0) is 15.9. The number of carbonyl (C=O) groups is 2. The quantitative estimate of drug-likeness (QED) is 0.329. The largest absolute Gasteiger partial charge is 0.469 e. The van der Waals surface area contributed by atoms with Crippen LogP contribution in [0.1, 0.15) is 31.4 Å². The first-order chi connectivity index (χ1) is 10.6. The maximum absolute atomic E-state index is 12.3. The lowest BCUT2D eigenvalue weighted by Crippen LogP contribution is -2.29. The monoisotopic (exact) mass is 339 g/mol. The van der Waals surface area contributed by atoms with Crippen LogP contribution in [0.5, 0.6) is 0 Å². The van der Waals surface area contributed by atoms with Crippen molar-refractivity contribution in [1.82, 2.24) is 4.90 Å². The molecule has 2 rings (SSSR count). The summed E-state index contributed by atoms with van der Waals surface area (Å²) < 4.78 is 10.4. The lowest BCUT2D eigenvalue weighted by atomic mass is 10.2. The van der Waals surface area contributed by atoms with Crippen LogP contribution in [0.2, 0.25) is 0 Å². The molecule has 118 valence electrons. The molecule has 1 aromatic rings. The summed E-state index contributed by atoms with van der Waals surface area (Å²) in [6, 6.07) is 3.56. The molecule has 0 unspecified atom stereocenters. The Morgan fingerprint density at radius 1 is 1.45 bits per heavy atom. The molecule has 22 heavy (non-hydrogen) atoms. The molecule has 0 spiro atoms. The summed E-state index contributed by atoms with van der Waals surface area (Å²) in [5.41, 5.74) is 0. The summed E-state index contributed by atoms with van der Waals surface area (Å²) in [6.45, 7) is 0.571. The van der Waals surface area contributed by atoms with Crippen LogP contribution in [-0.4, -0.2) is 34.8 Å². The van der Waals surface area contributed by atoms with E-state index < -0.39 is 0 Å². The second-order valence-electron chi connectivity index (χ2n) is 4.74. The van der Waals surface area contributed by atoms with Crippen molar-refractivity contribution in [2.75, 3.05) is 13.7 Å². The number of hydrogen-bond acceptors (Lipinski definition) is 6. The van der Waals surface area contributed by atoms with Gasteiger partial charge in [0, 0.05) is 19.0 Å². The molecule has 1 amide bonds. The summed E-state index contributed by atoms with van der Waals surface area (Å²) >= 11 is 6.54. The SMILES string of the molecule is COC(=O)CCCCCN1C(=O)/C(=C\c2ccco2)SC1=S. The number of amides is 1. The third-order valence-corrected chi connectivity index (χ3v) is 4.56.